The summed E-state index contributed by atoms with van der Waals surface area (Å²) >= 11 is 17.7. The van der Waals surface area contributed by atoms with Gasteiger partial charge < -0.3 is 9.29 Å². The maximum atomic E-state index is 12.6. The van der Waals surface area contributed by atoms with Crippen molar-refractivity contribution >= 4 is 62.6 Å². The summed E-state index contributed by atoms with van der Waals surface area (Å²) in [7, 11) is 0. The molecule has 0 amide bonds. The molecule has 7 heteroatoms. The molecule has 2 unspecified atom stereocenters. The van der Waals surface area contributed by atoms with Crippen LogP contribution < -0.4 is 0 Å². The first kappa shape index (κ1) is 15.9. The van der Waals surface area contributed by atoms with Gasteiger partial charge in [-0.15, -0.1) is 11.8 Å². The lowest BCUT2D eigenvalue weighted by atomic mass is 10.0. The van der Waals surface area contributed by atoms with Crippen LogP contribution in [0.2, 0.25) is 10.0 Å². The quantitative estimate of drug-likeness (QED) is 0.599. The molecule has 1 aromatic carbocycles. The average Bonchev–Trinajstić information content (AvgIpc) is 2.42. The minimum absolute atomic E-state index is 0.317. The van der Waals surface area contributed by atoms with Gasteiger partial charge in [-0.1, -0.05) is 41.5 Å². The van der Waals surface area contributed by atoms with Gasteiger partial charge in [0.1, 0.15) is 16.6 Å². The molecule has 1 fully saturated rings. The Bertz CT molecular complexity index is 498. The van der Waals surface area contributed by atoms with Gasteiger partial charge in [-0.2, -0.15) is 0 Å². The first-order chi connectivity index (χ1) is 9.02. The van der Waals surface area contributed by atoms with E-state index in [1.807, 2.05) is 12.3 Å². The van der Waals surface area contributed by atoms with Crippen LogP contribution >= 0.6 is 47.2 Å². The molecule has 0 bridgehead atoms. The molecule has 2 nitrogen and oxygen atoms in total. The van der Waals surface area contributed by atoms with Crippen molar-refractivity contribution in [1.82, 2.24) is 0 Å². The number of ether oxygens (including phenoxy) is 1. The normalized spacial score (nSPS) is 27.3. The Labute approximate surface area is 135 Å². The fourth-order valence-electron chi connectivity index (χ4n) is 1.99. The van der Waals surface area contributed by atoms with Gasteiger partial charge in [0.25, 0.3) is 0 Å². The zero-order valence-corrected chi connectivity index (χ0v) is 14.1. The van der Waals surface area contributed by atoms with Gasteiger partial charge in [0, 0.05) is 5.56 Å². The summed E-state index contributed by atoms with van der Waals surface area (Å²) < 4.78 is 18.0. The van der Waals surface area contributed by atoms with Crippen LogP contribution in [0.15, 0.2) is 18.2 Å². The SMILES string of the molecule is CSC(=S)C1(c2ccc(Cl)c(Cl)c2)COCC[S+]1[O-]. The smallest absolute Gasteiger partial charge is 0.214 e. The molecule has 1 saturated heterocycles. The summed E-state index contributed by atoms with van der Waals surface area (Å²) in [4.78, 5) is 0. The largest absolute Gasteiger partial charge is 0.615 e. The highest BCUT2D eigenvalue weighted by atomic mass is 35.5. The summed E-state index contributed by atoms with van der Waals surface area (Å²) in [6.45, 7) is 0.809. The summed E-state index contributed by atoms with van der Waals surface area (Å²) in [6, 6.07) is 5.26. The van der Waals surface area contributed by atoms with Crippen LogP contribution in [0.25, 0.3) is 0 Å². The molecule has 0 N–H and O–H groups in total. The molecule has 104 valence electrons. The minimum Gasteiger partial charge on any atom is -0.615 e. The van der Waals surface area contributed by atoms with Gasteiger partial charge in [0.2, 0.25) is 4.75 Å². The molecule has 1 heterocycles. The van der Waals surface area contributed by atoms with Gasteiger partial charge >= 0.3 is 0 Å². The van der Waals surface area contributed by atoms with Crippen molar-refractivity contribution in [2.45, 2.75) is 4.75 Å². The van der Waals surface area contributed by atoms with Gasteiger partial charge in [-0.3, -0.25) is 0 Å². The maximum absolute atomic E-state index is 12.6. The number of hydrogen-bond acceptors (Lipinski definition) is 4. The third kappa shape index (κ3) is 2.93. The molecule has 0 aliphatic carbocycles. The molecule has 0 aromatic heterocycles. The van der Waals surface area contributed by atoms with Crippen LogP contribution in [0.5, 0.6) is 0 Å². The highest BCUT2D eigenvalue weighted by Gasteiger charge is 2.50. The Morgan fingerprint density at radius 3 is 2.79 bits per heavy atom. The molecule has 19 heavy (non-hydrogen) atoms. The number of rotatable bonds is 2. The van der Waals surface area contributed by atoms with E-state index >= 15 is 0 Å². The van der Waals surface area contributed by atoms with Crippen molar-refractivity contribution in [2.75, 3.05) is 25.2 Å². The lowest BCUT2D eigenvalue weighted by molar-refractivity contribution is 0.126. The second-order valence-corrected chi connectivity index (χ2v) is 8.14. The van der Waals surface area contributed by atoms with Crippen molar-refractivity contribution in [1.29, 1.82) is 0 Å². The maximum Gasteiger partial charge on any atom is 0.214 e. The van der Waals surface area contributed by atoms with E-state index in [1.54, 1.807) is 12.1 Å². The second kappa shape index (κ2) is 6.52. The first-order valence-electron chi connectivity index (χ1n) is 5.52. The summed E-state index contributed by atoms with van der Waals surface area (Å²) in [5.74, 6) is 0.473. The van der Waals surface area contributed by atoms with Crippen molar-refractivity contribution < 1.29 is 9.29 Å². The summed E-state index contributed by atoms with van der Waals surface area (Å²) in [5.41, 5.74) is 0.805. The van der Waals surface area contributed by atoms with Gasteiger partial charge in [-0.05, 0) is 29.6 Å². The molecule has 0 saturated carbocycles. The molecule has 1 aromatic rings. The Kier molecular flexibility index (Phi) is 5.45. The first-order valence-corrected chi connectivity index (χ1v) is 9.23. The zero-order chi connectivity index (χ0) is 14.0. The van der Waals surface area contributed by atoms with Crippen LogP contribution in [-0.2, 0) is 20.7 Å². The third-order valence-corrected chi connectivity index (χ3v) is 7.45. The van der Waals surface area contributed by atoms with E-state index in [1.165, 1.54) is 11.8 Å². The number of thioether (sulfide) groups is 1. The predicted molar refractivity (Wildman–Crippen MR) is 88.1 cm³/mol. The van der Waals surface area contributed by atoms with Crippen LogP contribution in [0.4, 0.5) is 0 Å². The fraction of sp³-hybridized carbons (Fsp3) is 0.417. The van der Waals surface area contributed by atoms with E-state index in [0.717, 1.165) is 5.56 Å². The Morgan fingerprint density at radius 1 is 1.47 bits per heavy atom. The van der Waals surface area contributed by atoms with E-state index < -0.39 is 15.9 Å². The van der Waals surface area contributed by atoms with E-state index in [-0.39, 0.29) is 0 Å². The lowest BCUT2D eigenvalue weighted by Crippen LogP contribution is -2.50. The molecular formula is C12H12Cl2O2S3. The van der Waals surface area contributed by atoms with Crippen molar-refractivity contribution in [2.24, 2.45) is 0 Å². The van der Waals surface area contributed by atoms with E-state index in [2.05, 4.69) is 0 Å². The molecule has 0 spiro atoms. The van der Waals surface area contributed by atoms with E-state index in [0.29, 0.717) is 33.2 Å². The number of thiocarbonyl (C=S) groups is 1. The molecule has 1 aliphatic rings. The molecule has 2 atom stereocenters. The van der Waals surface area contributed by atoms with Gasteiger partial charge in [0.05, 0.1) is 16.7 Å². The van der Waals surface area contributed by atoms with Crippen molar-refractivity contribution in [3.63, 3.8) is 0 Å². The Morgan fingerprint density at radius 2 is 2.21 bits per heavy atom. The topological polar surface area (TPSA) is 32.3 Å². The van der Waals surface area contributed by atoms with E-state index in [4.69, 9.17) is 40.2 Å². The molecule has 1 aliphatic heterocycles. The zero-order valence-electron chi connectivity index (χ0n) is 10.2. The lowest BCUT2D eigenvalue weighted by Gasteiger charge is -2.38. The number of hydrogen-bond donors (Lipinski definition) is 0. The molecular weight excluding hydrogens is 343 g/mol. The van der Waals surface area contributed by atoms with E-state index in [9.17, 15) is 4.55 Å². The molecule has 0 radical (unpaired) electrons. The average molecular weight is 355 g/mol. The third-order valence-electron chi connectivity index (χ3n) is 3.01. The predicted octanol–water partition coefficient (Wildman–Crippen LogP) is 3.66. The molecule has 2 rings (SSSR count). The van der Waals surface area contributed by atoms with Gasteiger partial charge in [0.15, 0.2) is 0 Å². The Hall–Kier alpha value is 0.510. The highest BCUT2D eigenvalue weighted by Crippen LogP contribution is 2.41. The standard InChI is InChI=1S/C12H12Cl2O2S3/c1-18-11(17)12(7-16-4-5-19(12)15)8-2-3-9(13)10(14)6-8/h2-3,6H,4-5,7H2,1H3. The van der Waals surface area contributed by atoms with Gasteiger partial charge in [-0.25, -0.2) is 0 Å². The monoisotopic (exact) mass is 354 g/mol. The van der Waals surface area contributed by atoms with Crippen molar-refractivity contribution in [3.05, 3.63) is 33.8 Å². The number of halogens is 2. The van der Waals surface area contributed by atoms with Crippen LogP contribution in [0.1, 0.15) is 5.56 Å². The number of benzene rings is 1. The van der Waals surface area contributed by atoms with Crippen molar-refractivity contribution in [3.8, 4) is 0 Å². The van der Waals surface area contributed by atoms with Crippen LogP contribution in [0, 0.1) is 0 Å². The highest BCUT2D eigenvalue weighted by molar-refractivity contribution is 8.24. The minimum atomic E-state index is -1.12. The summed E-state index contributed by atoms with van der Waals surface area (Å²) in [5, 5.41) is 0.906. The van der Waals surface area contributed by atoms with Crippen LogP contribution in [-0.4, -0.2) is 34.0 Å². The Balaban J connectivity index is 2.53. The second-order valence-electron chi connectivity index (χ2n) is 4.05. The summed E-state index contributed by atoms with van der Waals surface area (Å²) in [6.07, 6.45) is 1.88. The fourth-order valence-corrected chi connectivity index (χ4v) is 5.18. The van der Waals surface area contributed by atoms with Crippen LogP contribution in [0.3, 0.4) is 0 Å².